The first-order valence-corrected chi connectivity index (χ1v) is 12.3. The summed E-state index contributed by atoms with van der Waals surface area (Å²) >= 11 is 0. The van der Waals surface area contributed by atoms with E-state index in [-0.39, 0.29) is 11.7 Å². The Bertz CT molecular complexity index is 1560. The Kier molecular flexibility index (Phi) is 7.49. The van der Waals surface area contributed by atoms with Crippen LogP contribution in [0.4, 0.5) is 30.5 Å². The quantitative estimate of drug-likeness (QED) is 0.237. The second-order valence-corrected chi connectivity index (χ2v) is 8.94. The molecule has 12 heteroatoms. The van der Waals surface area contributed by atoms with E-state index in [1.54, 1.807) is 43.1 Å². The van der Waals surface area contributed by atoms with Crippen molar-refractivity contribution in [3.63, 3.8) is 0 Å². The zero-order valence-corrected chi connectivity index (χ0v) is 21.3. The maximum Gasteiger partial charge on any atom is 0.416 e. The summed E-state index contributed by atoms with van der Waals surface area (Å²) in [5, 5.41) is 12.3. The zero-order valence-electron chi connectivity index (χ0n) is 21.3. The van der Waals surface area contributed by atoms with Crippen molar-refractivity contribution < 1.29 is 18.0 Å². The summed E-state index contributed by atoms with van der Waals surface area (Å²) in [5.41, 5.74) is 1.85. The number of aryl methyl sites for hydroxylation is 1. The molecule has 2 aromatic carbocycles. The number of nitrogens with zero attached hydrogens (tertiary/aromatic N) is 4. The normalized spacial score (nSPS) is 14.7. The molecule has 1 aliphatic heterocycles. The summed E-state index contributed by atoms with van der Waals surface area (Å²) in [5.74, 6) is 0.622. The Morgan fingerprint density at radius 3 is 2.73 bits per heavy atom. The van der Waals surface area contributed by atoms with Crippen LogP contribution < -0.4 is 21.3 Å². The molecule has 0 aliphatic carbocycles. The second-order valence-electron chi connectivity index (χ2n) is 8.94. The van der Waals surface area contributed by atoms with Gasteiger partial charge in [0, 0.05) is 41.6 Å². The molecule has 40 heavy (non-hydrogen) atoms. The Balaban J connectivity index is 1.30. The van der Waals surface area contributed by atoms with Gasteiger partial charge in [0.05, 0.1) is 24.1 Å². The van der Waals surface area contributed by atoms with Crippen molar-refractivity contribution in [1.29, 1.82) is 0 Å². The van der Waals surface area contributed by atoms with Crippen LogP contribution in [0.5, 0.6) is 0 Å². The molecule has 204 valence electrons. The molecule has 0 bridgehead atoms. The molecule has 1 atom stereocenters. The van der Waals surface area contributed by atoms with Crippen LogP contribution in [0.15, 0.2) is 96.1 Å². The van der Waals surface area contributed by atoms with E-state index in [2.05, 4.69) is 36.2 Å². The number of imidazole rings is 1. The van der Waals surface area contributed by atoms with Gasteiger partial charge in [-0.25, -0.2) is 9.98 Å². The van der Waals surface area contributed by atoms with Crippen molar-refractivity contribution in [2.75, 3.05) is 10.6 Å². The minimum atomic E-state index is -4.54. The number of rotatable bonds is 8. The van der Waals surface area contributed by atoms with Crippen LogP contribution in [-0.4, -0.2) is 26.8 Å². The third kappa shape index (κ3) is 6.29. The lowest BCUT2D eigenvalue weighted by Crippen LogP contribution is -2.29. The Morgan fingerprint density at radius 2 is 1.93 bits per heavy atom. The van der Waals surface area contributed by atoms with Crippen LogP contribution in [0.1, 0.15) is 33.3 Å². The summed E-state index contributed by atoms with van der Waals surface area (Å²) in [6, 6.07) is 15.2. The van der Waals surface area contributed by atoms with Crippen LogP contribution in [0.3, 0.4) is 0 Å². The maximum atomic E-state index is 13.1. The molecule has 3 heterocycles. The smallest absolute Gasteiger partial charge is 0.366 e. The first-order valence-electron chi connectivity index (χ1n) is 12.3. The molecule has 9 nitrogen and oxygen atoms in total. The number of alkyl halides is 3. The standard InChI is InChI=1S/C28H25F3N8O/c1-18-8-9-21(37-26(40)19-5-4-6-20(13-19)28(29,30)31)14-23(18)38-27-33-11-12-39(27)25-15-24(35-17-36-25)34-16-22-7-2-3-10-32-22/h2-15,17,25,34H,16H2,1H3,(H,33,38)(H,35,36)(H,37,40). The molecule has 0 fully saturated rings. The number of carbonyl (C=O) groups excluding carboxylic acids is 1. The van der Waals surface area contributed by atoms with E-state index >= 15 is 0 Å². The number of amides is 1. The highest BCUT2D eigenvalue weighted by Gasteiger charge is 2.31. The molecule has 0 saturated heterocycles. The molecule has 1 amide bonds. The highest BCUT2D eigenvalue weighted by molar-refractivity contribution is 6.04. The van der Waals surface area contributed by atoms with E-state index in [1.807, 2.05) is 35.8 Å². The molecule has 0 spiro atoms. The largest absolute Gasteiger partial charge is 0.416 e. The van der Waals surface area contributed by atoms with Crippen molar-refractivity contribution in [3.8, 4) is 0 Å². The van der Waals surface area contributed by atoms with E-state index in [0.717, 1.165) is 29.2 Å². The number of halogens is 3. The number of nitrogens with one attached hydrogen (secondary N) is 4. The third-order valence-electron chi connectivity index (χ3n) is 6.10. The minimum absolute atomic E-state index is 0.0940. The average Bonchev–Trinajstić information content (AvgIpc) is 3.42. The first kappa shape index (κ1) is 26.5. The molecule has 4 aromatic rings. The van der Waals surface area contributed by atoms with Gasteiger partial charge < -0.3 is 21.3 Å². The fraction of sp³-hybridized carbons (Fsp3) is 0.143. The Morgan fingerprint density at radius 1 is 1.05 bits per heavy atom. The number of pyridine rings is 1. The van der Waals surface area contributed by atoms with Gasteiger partial charge in [-0.05, 0) is 55.0 Å². The summed E-state index contributed by atoms with van der Waals surface area (Å²) < 4.78 is 41.0. The molecule has 0 saturated carbocycles. The van der Waals surface area contributed by atoms with Gasteiger partial charge in [0.2, 0.25) is 5.95 Å². The average molecular weight is 547 g/mol. The predicted molar refractivity (Wildman–Crippen MR) is 146 cm³/mol. The number of hydrogen-bond donors (Lipinski definition) is 4. The van der Waals surface area contributed by atoms with Crippen molar-refractivity contribution in [3.05, 3.63) is 114 Å². The molecule has 4 N–H and O–H groups in total. The van der Waals surface area contributed by atoms with Gasteiger partial charge in [-0.3, -0.25) is 14.3 Å². The summed E-state index contributed by atoms with van der Waals surface area (Å²) in [7, 11) is 0. The maximum absolute atomic E-state index is 13.1. The number of benzene rings is 2. The van der Waals surface area contributed by atoms with Crippen LogP contribution in [-0.2, 0) is 12.7 Å². The number of carbonyl (C=O) groups is 1. The number of aliphatic imine (C=N–C) groups is 1. The molecular formula is C28H25F3N8O. The molecule has 1 unspecified atom stereocenters. The second kappa shape index (κ2) is 11.3. The number of anilines is 3. The third-order valence-corrected chi connectivity index (χ3v) is 6.10. The van der Waals surface area contributed by atoms with Crippen LogP contribution in [0, 0.1) is 6.92 Å². The van der Waals surface area contributed by atoms with Crippen LogP contribution in [0.25, 0.3) is 0 Å². The van der Waals surface area contributed by atoms with Crippen molar-refractivity contribution in [2.24, 2.45) is 4.99 Å². The van der Waals surface area contributed by atoms with Crippen LogP contribution in [0.2, 0.25) is 0 Å². The van der Waals surface area contributed by atoms with Gasteiger partial charge >= 0.3 is 6.18 Å². The monoisotopic (exact) mass is 546 g/mol. The van der Waals surface area contributed by atoms with Gasteiger partial charge in [-0.2, -0.15) is 13.2 Å². The van der Waals surface area contributed by atoms with E-state index in [0.29, 0.717) is 23.9 Å². The lowest BCUT2D eigenvalue weighted by atomic mass is 10.1. The van der Waals surface area contributed by atoms with Crippen molar-refractivity contribution in [1.82, 2.24) is 25.2 Å². The van der Waals surface area contributed by atoms with E-state index < -0.39 is 17.6 Å². The van der Waals surface area contributed by atoms with Gasteiger partial charge in [0.25, 0.3) is 5.91 Å². The van der Waals surface area contributed by atoms with Crippen LogP contribution >= 0.6 is 0 Å². The SMILES string of the molecule is Cc1ccc(NC(=O)c2cccc(C(F)(F)F)c2)cc1Nc1nccn1C1C=C(NCc2ccccn2)NC=N1. The molecule has 2 aromatic heterocycles. The number of hydrogen-bond acceptors (Lipinski definition) is 7. The minimum Gasteiger partial charge on any atom is -0.366 e. The molecule has 0 radical (unpaired) electrons. The topological polar surface area (TPSA) is 108 Å². The van der Waals surface area contributed by atoms with E-state index in [4.69, 9.17) is 0 Å². The summed E-state index contributed by atoms with van der Waals surface area (Å²) in [6.07, 6.45) is 3.75. The van der Waals surface area contributed by atoms with Gasteiger partial charge in [0.1, 0.15) is 5.82 Å². The predicted octanol–water partition coefficient (Wildman–Crippen LogP) is 5.36. The van der Waals surface area contributed by atoms with Gasteiger partial charge in [-0.1, -0.05) is 18.2 Å². The van der Waals surface area contributed by atoms with Gasteiger partial charge in [-0.15, -0.1) is 0 Å². The Labute approximate surface area is 227 Å². The van der Waals surface area contributed by atoms with E-state index in [9.17, 15) is 18.0 Å². The van der Waals surface area contributed by atoms with Gasteiger partial charge in [0.15, 0.2) is 6.17 Å². The van der Waals surface area contributed by atoms with E-state index in [1.165, 1.54) is 12.1 Å². The highest BCUT2D eigenvalue weighted by Crippen LogP contribution is 2.30. The Hall–Kier alpha value is -5.13. The van der Waals surface area contributed by atoms with Crippen molar-refractivity contribution in [2.45, 2.75) is 25.8 Å². The lowest BCUT2D eigenvalue weighted by Gasteiger charge is -2.21. The van der Waals surface area contributed by atoms with Crippen molar-refractivity contribution >= 4 is 29.6 Å². The molecular weight excluding hydrogens is 521 g/mol. The lowest BCUT2D eigenvalue weighted by molar-refractivity contribution is -0.137. The fourth-order valence-electron chi connectivity index (χ4n) is 3.99. The first-order chi connectivity index (χ1) is 19.3. The highest BCUT2D eigenvalue weighted by atomic mass is 19.4. The summed E-state index contributed by atoms with van der Waals surface area (Å²) in [4.78, 5) is 25.9. The molecule has 1 aliphatic rings. The summed E-state index contributed by atoms with van der Waals surface area (Å²) in [6.45, 7) is 2.42. The number of aromatic nitrogens is 3. The fourth-order valence-corrected chi connectivity index (χ4v) is 3.99. The molecule has 5 rings (SSSR count). The zero-order chi connectivity index (χ0) is 28.1.